The van der Waals surface area contributed by atoms with E-state index in [1.807, 2.05) is 31.2 Å². The van der Waals surface area contributed by atoms with Crippen LogP contribution in [-0.4, -0.2) is 52.7 Å². The molecule has 2 atom stereocenters. The monoisotopic (exact) mass is 372 g/mol. The van der Waals surface area contributed by atoms with E-state index in [-0.39, 0.29) is 30.2 Å². The molecule has 1 fully saturated rings. The highest BCUT2D eigenvalue weighted by Crippen LogP contribution is 2.32. The zero-order chi connectivity index (χ0) is 18.3. The number of benzene rings is 1. The second-order valence-electron chi connectivity index (χ2n) is 6.79. The van der Waals surface area contributed by atoms with Crippen molar-refractivity contribution in [1.29, 1.82) is 0 Å². The van der Waals surface area contributed by atoms with Crippen LogP contribution in [0.15, 0.2) is 34.3 Å². The number of thioether (sulfide) groups is 1. The summed E-state index contributed by atoms with van der Waals surface area (Å²) in [6, 6.07) is 6.99. The summed E-state index contributed by atoms with van der Waals surface area (Å²) < 4.78 is 0. The molecule has 1 aromatic rings. The van der Waals surface area contributed by atoms with E-state index in [1.165, 1.54) is 0 Å². The van der Waals surface area contributed by atoms with Crippen molar-refractivity contribution in [2.75, 3.05) is 24.2 Å². The molecule has 4 rings (SSSR count). The molecule has 2 unspecified atom stereocenters. The highest BCUT2D eigenvalue weighted by Gasteiger charge is 2.35. The van der Waals surface area contributed by atoms with Gasteiger partial charge in [0.05, 0.1) is 18.5 Å². The number of aliphatic imine (C=N–C) groups is 2. The van der Waals surface area contributed by atoms with E-state index in [0.717, 1.165) is 23.0 Å². The van der Waals surface area contributed by atoms with Crippen molar-refractivity contribution in [3.63, 3.8) is 0 Å². The summed E-state index contributed by atoms with van der Waals surface area (Å²) in [7, 11) is 0. The molecular weight excluding hydrogens is 352 g/mol. The Hall–Kier alpha value is -2.55. The first-order valence-electron chi connectivity index (χ1n) is 8.45. The number of carbonyl (C=O) groups is 2. The average molecular weight is 372 g/mol. The predicted octanol–water partition coefficient (Wildman–Crippen LogP) is 0.462. The number of nitrogens with one attached hydrogen (secondary N) is 2. The fourth-order valence-electron chi connectivity index (χ4n) is 3.40. The Labute approximate surface area is 155 Å². The Kier molecular flexibility index (Phi) is 4.10. The molecule has 26 heavy (non-hydrogen) atoms. The second-order valence-corrected chi connectivity index (χ2v) is 7.85. The van der Waals surface area contributed by atoms with E-state index in [0.29, 0.717) is 12.2 Å². The van der Waals surface area contributed by atoms with E-state index in [1.54, 1.807) is 11.8 Å². The van der Waals surface area contributed by atoms with Crippen molar-refractivity contribution in [2.24, 2.45) is 15.7 Å². The average Bonchev–Trinajstić information content (AvgIpc) is 3.15. The molecule has 4 N–H and O–H groups in total. The molecule has 0 radical (unpaired) electrons. The number of anilines is 1. The van der Waals surface area contributed by atoms with Crippen LogP contribution in [0, 0.1) is 0 Å². The van der Waals surface area contributed by atoms with Gasteiger partial charge in [-0.15, -0.1) is 0 Å². The van der Waals surface area contributed by atoms with Crippen LogP contribution in [0.4, 0.5) is 5.69 Å². The van der Waals surface area contributed by atoms with Crippen molar-refractivity contribution in [2.45, 2.75) is 24.9 Å². The maximum Gasteiger partial charge on any atom is 0.251 e. The number of fused-ring (bicyclic) bond motifs is 1. The Balaban J connectivity index is 1.51. The van der Waals surface area contributed by atoms with Crippen LogP contribution < -0.4 is 16.4 Å². The number of hydrogen-bond acceptors (Lipinski definition) is 7. The van der Waals surface area contributed by atoms with Crippen LogP contribution >= 0.6 is 11.8 Å². The third kappa shape index (κ3) is 3.14. The molecule has 3 aliphatic heterocycles. The largest absolute Gasteiger partial charge is 0.370 e. The lowest BCUT2D eigenvalue weighted by Crippen LogP contribution is -2.46. The molecule has 1 saturated heterocycles. The molecule has 136 valence electrons. The van der Waals surface area contributed by atoms with Gasteiger partial charge in [-0.3, -0.25) is 14.9 Å². The molecule has 2 amide bonds. The zero-order valence-corrected chi connectivity index (χ0v) is 15.2. The number of hydrogen-bond donors (Lipinski definition) is 3. The van der Waals surface area contributed by atoms with Crippen molar-refractivity contribution in [3.05, 3.63) is 29.8 Å². The summed E-state index contributed by atoms with van der Waals surface area (Å²) in [5.74, 6) is 0.844. The van der Waals surface area contributed by atoms with Crippen molar-refractivity contribution < 1.29 is 9.59 Å². The van der Waals surface area contributed by atoms with E-state index in [4.69, 9.17) is 5.73 Å². The van der Waals surface area contributed by atoms with Gasteiger partial charge >= 0.3 is 0 Å². The van der Waals surface area contributed by atoms with E-state index in [2.05, 4.69) is 25.5 Å². The molecule has 1 aromatic carbocycles. The second kappa shape index (κ2) is 6.31. The van der Waals surface area contributed by atoms with Gasteiger partial charge in [0.25, 0.3) is 5.91 Å². The number of amides is 2. The first-order chi connectivity index (χ1) is 12.4. The van der Waals surface area contributed by atoms with Gasteiger partial charge in [-0.05, 0) is 24.6 Å². The number of rotatable bonds is 3. The van der Waals surface area contributed by atoms with Gasteiger partial charge in [0, 0.05) is 18.0 Å². The fourth-order valence-corrected chi connectivity index (χ4v) is 4.45. The molecule has 3 aliphatic rings. The summed E-state index contributed by atoms with van der Waals surface area (Å²) in [5.41, 5.74) is 6.44. The number of nitrogens with two attached hydrogens (primary N) is 1. The molecule has 0 aromatic heterocycles. The zero-order valence-electron chi connectivity index (χ0n) is 14.4. The minimum Gasteiger partial charge on any atom is -0.370 e. The first kappa shape index (κ1) is 16.9. The first-order valence-corrected chi connectivity index (χ1v) is 9.44. The van der Waals surface area contributed by atoms with Gasteiger partial charge in [0.1, 0.15) is 6.04 Å². The Bertz CT molecular complexity index is 838. The van der Waals surface area contributed by atoms with Gasteiger partial charge < -0.3 is 16.0 Å². The summed E-state index contributed by atoms with van der Waals surface area (Å²) in [6.07, 6.45) is 0.202. The maximum absolute atomic E-state index is 12.6. The Morgan fingerprint density at radius 3 is 3.12 bits per heavy atom. The highest BCUT2D eigenvalue weighted by atomic mass is 32.2. The number of guanidine groups is 1. The van der Waals surface area contributed by atoms with Crippen LogP contribution in [-0.2, 0) is 15.1 Å². The van der Waals surface area contributed by atoms with Gasteiger partial charge in [0.2, 0.25) is 5.91 Å². The normalized spacial score (nSPS) is 27.5. The van der Waals surface area contributed by atoms with Crippen LogP contribution in [0.2, 0.25) is 0 Å². The third-order valence-corrected chi connectivity index (χ3v) is 5.73. The Morgan fingerprint density at radius 1 is 1.50 bits per heavy atom. The van der Waals surface area contributed by atoms with Crippen molar-refractivity contribution >= 4 is 40.4 Å². The molecule has 8 nitrogen and oxygen atoms in total. The molecule has 0 aliphatic carbocycles. The smallest absolute Gasteiger partial charge is 0.251 e. The fraction of sp³-hybridized carbons (Fsp3) is 0.412. The third-order valence-electron chi connectivity index (χ3n) is 4.72. The van der Waals surface area contributed by atoms with Gasteiger partial charge in [-0.1, -0.05) is 23.9 Å². The summed E-state index contributed by atoms with van der Waals surface area (Å²) >= 11 is 1.69. The Morgan fingerprint density at radius 2 is 2.35 bits per heavy atom. The topological polar surface area (TPSA) is 112 Å². The molecule has 0 saturated carbocycles. The summed E-state index contributed by atoms with van der Waals surface area (Å²) in [4.78, 5) is 35.4. The standard InChI is InChI=1S/C17H20N6O2S/c1-17(8-13(24)21-15(18)22-17)10-3-2-4-11(7-10)19-14(25)12-9-23-5-6-26-16(23)20-12/h2-4,7,12H,5-6,8-9H2,1H3,(H,19,25)(H3,18,21,22,24). The predicted molar refractivity (Wildman–Crippen MR) is 102 cm³/mol. The molecule has 0 bridgehead atoms. The molecule has 0 spiro atoms. The van der Waals surface area contributed by atoms with E-state index < -0.39 is 5.54 Å². The highest BCUT2D eigenvalue weighted by molar-refractivity contribution is 8.14. The minimum atomic E-state index is -0.750. The van der Waals surface area contributed by atoms with E-state index in [9.17, 15) is 9.59 Å². The molecule has 3 heterocycles. The number of carbonyl (C=O) groups excluding carboxylic acids is 2. The minimum absolute atomic E-state index is 0.109. The summed E-state index contributed by atoms with van der Waals surface area (Å²) in [5, 5.41) is 6.40. The van der Waals surface area contributed by atoms with Crippen LogP contribution in [0.5, 0.6) is 0 Å². The summed E-state index contributed by atoms with van der Waals surface area (Å²) in [6.45, 7) is 3.43. The van der Waals surface area contributed by atoms with Crippen LogP contribution in [0.3, 0.4) is 0 Å². The number of amidine groups is 1. The number of nitrogens with zero attached hydrogens (tertiary/aromatic N) is 3. The molecular formula is C17H20N6O2S. The van der Waals surface area contributed by atoms with Gasteiger partial charge in [-0.2, -0.15) is 0 Å². The van der Waals surface area contributed by atoms with Gasteiger partial charge in [-0.25, -0.2) is 9.98 Å². The lowest BCUT2D eigenvalue weighted by atomic mass is 9.87. The van der Waals surface area contributed by atoms with Gasteiger partial charge in [0.15, 0.2) is 11.1 Å². The van der Waals surface area contributed by atoms with Crippen LogP contribution in [0.25, 0.3) is 0 Å². The van der Waals surface area contributed by atoms with E-state index >= 15 is 0 Å². The maximum atomic E-state index is 12.6. The lowest BCUT2D eigenvalue weighted by molar-refractivity contribution is -0.121. The molecule has 9 heteroatoms. The van der Waals surface area contributed by atoms with Crippen molar-refractivity contribution in [1.82, 2.24) is 10.2 Å². The quantitative estimate of drug-likeness (QED) is 0.714. The van der Waals surface area contributed by atoms with Crippen LogP contribution in [0.1, 0.15) is 18.9 Å². The SMILES string of the molecule is CC1(c2cccc(NC(=O)C3CN4CCSC4=N3)c2)CC(=O)NC(N)=N1. The lowest BCUT2D eigenvalue weighted by Gasteiger charge is -2.30. The van der Waals surface area contributed by atoms with Crippen molar-refractivity contribution in [3.8, 4) is 0 Å².